The van der Waals surface area contributed by atoms with E-state index in [1.165, 1.54) is 5.69 Å². The lowest BCUT2D eigenvalue weighted by molar-refractivity contribution is 0.0259. The Morgan fingerprint density at radius 1 is 1.61 bits per heavy atom. The summed E-state index contributed by atoms with van der Waals surface area (Å²) < 4.78 is 8.73. The molecule has 0 spiro atoms. The maximum atomic E-state index is 9.78. The van der Waals surface area contributed by atoms with Crippen LogP contribution in [0.25, 0.3) is 0 Å². The third-order valence-electron chi connectivity index (χ3n) is 4.12. The highest BCUT2D eigenvalue weighted by atomic mass is 79.9. The summed E-state index contributed by atoms with van der Waals surface area (Å²) in [5.74, 6) is 0. The van der Waals surface area contributed by atoms with Crippen molar-refractivity contribution in [1.82, 2.24) is 9.78 Å². The molecule has 4 nitrogen and oxygen atoms in total. The molecule has 0 aromatic carbocycles. The number of hydrogen-bond acceptors (Lipinski definition) is 3. The van der Waals surface area contributed by atoms with E-state index in [4.69, 9.17) is 4.74 Å². The molecule has 102 valence electrons. The average Bonchev–Trinajstić information content (AvgIpc) is 2.85. The summed E-state index contributed by atoms with van der Waals surface area (Å²) in [7, 11) is 0. The van der Waals surface area contributed by atoms with E-state index in [9.17, 15) is 5.11 Å². The van der Waals surface area contributed by atoms with Gasteiger partial charge in [-0.1, -0.05) is 0 Å². The number of aliphatic hydroxyl groups excluding tert-OH is 1. The molecule has 1 saturated heterocycles. The number of rotatable bonds is 4. The van der Waals surface area contributed by atoms with Gasteiger partial charge in [-0.25, -0.2) is 0 Å². The zero-order valence-corrected chi connectivity index (χ0v) is 12.8. The van der Waals surface area contributed by atoms with E-state index < -0.39 is 0 Å². The Hall–Kier alpha value is -0.390. The highest BCUT2D eigenvalue weighted by molar-refractivity contribution is 9.10. The van der Waals surface area contributed by atoms with Crippen LogP contribution in [0, 0.1) is 12.3 Å². The standard InChI is InChI=1S/C13H21BrN2O2/c1-4-16-11(12(14)9(2)15-16)7-13(8-17)5-6-18-10(13)3/h10,17H,4-8H2,1-3H3. The van der Waals surface area contributed by atoms with Crippen LogP contribution >= 0.6 is 15.9 Å². The molecule has 5 heteroatoms. The number of nitrogens with zero attached hydrogens (tertiary/aromatic N) is 2. The molecule has 0 bridgehead atoms. The fourth-order valence-electron chi connectivity index (χ4n) is 2.69. The van der Waals surface area contributed by atoms with Crippen molar-refractivity contribution in [3.05, 3.63) is 15.9 Å². The predicted octanol–water partition coefficient (Wildman–Crippen LogP) is 2.30. The Bertz CT molecular complexity index is 433. The summed E-state index contributed by atoms with van der Waals surface area (Å²) in [6.07, 6.45) is 1.81. The molecule has 2 unspecified atom stereocenters. The van der Waals surface area contributed by atoms with Crippen LogP contribution in [-0.2, 0) is 17.7 Å². The first-order valence-corrected chi connectivity index (χ1v) is 7.27. The largest absolute Gasteiger partial charge is 0.396 e. The fourth-order valence-corrected chi connectivity index (χ4v) is 3.11. The second-order valence-electron chi connectivity index (χ2n) is 5.12. The van der Waals surface area contributed by atoms with Crippen LogP contribution in [0.3, 0.4) is 0 Å². The van der Waals surface area contributed by atoms with Gasteiger partial charge in [-0.05, 0) is 43.1 Å². The number of aryl methyl sites for hydroxylation is 2. The third kappa shape index (κ3) is 2.24. The molecule has 1 aromatic heterocycles. The molecule has 0 aliphatic carbocycles. The van der Waals surface area contributed by atoms with Gasteiger partial charge >= 0.3 is 0 Å². The van der Waals surface area contributed by atoms with E-state index >= 15 is 0 Å². The van der Waals surface area contributed by atoms with E-state index in [0.717, 1.165) is 36.2 Å². The summed E-state index contributed by atoms with van der Waals surface area (Å²) in [6, 6.07) is 0. The Morgan fingerprint density at radius 2 is 2.33 bits per heavy atom. The smallest absolute Gasteiger partial charge is 0.0738 e. The van der Waals surface area contributed by atoms with E-state index in [0.29, 0.717) is 0 Å². The van der Waals surface area contributed by atoms with Gasteiger partial charge in [0.1, 0.15) is 0 Å². The quantitative estimate of drug-likeness (QED) is 0.927. The van der Waals surface area contributed by atoms with Gasteiger partial charge in [-0.2, -0.15) is 5.10 Å². The summed E-state index contributed by atoms with van der Waals surface area (Å²) in [5.41, 5.74) is 2.01. The molecule has 1 aromatic rings. The van der Waals surface area contributed by atoms with Crippen molar-refractivity contribution >= 4 is 15.9 Å². The number of aromatic nitrogens is 2. The number of hydrogen-bond donors (Lipinski definition) is 1. The van der Waals surface area contributed by atoms with Crippen molar-refractivity contribution in [1.29, 1.82) is 0 Å². The van der Waals surface area contributed by atoms with Crippen molar-refractivity contribution in [3.8, 4) is 0 Å². The Kier molecular flexibility index (Phi) is 4.14. The summed E-state index contributed by atoms with van der Waals surface area (Å²) in [5, 5.41) is 14.3. The van der Waals surface area contributed by atoms with Crippen molar-refractivity contribution in [2.24, 2.45) is 5.41 Å². The molecular formula is C13H21BrN2O2. The first-order valence-electron chi connectivity index (χ1n) is 6.48. The normalized spacial score (nSPS) is 27.9. The second-order valence-corrected chi connectivity index (χ2v) is 5.92. The highest BCUT2D eigenvalue weighted by Gasteiger charge is 2.42. The third-order valence-corrected chi connectivity index (χ3v) is 5.15. The van der Waals surface area contributed by atoms with Crippen LogP contribution in [0.4, 0.5) is 0 Å². The van der Waals surface area contributed by atoms with E-state index in [2.05, 4.69) is 34.9 Å². The average molecular weight is 317 g/mol. The zero-order valence-electron chi connectivity index (χ0n) is 11.2. The molecule has 0 radical (unpaired) electrons. The van der Waals surface area contributed by atoms with Crippen LogP contribution < -0.4 is 0 Å². The van der Waals surface area contributed by atoms with Crippen LogP contribution in [0.15, 0.2) is 4.47 Å². The molecule has 1 fully saturated rings. The molecule has 1 N–H and O–H groups in total. The molecular weight excluding hydrogens is 296 g/mol. The minimum Gasteiger partial charge on any atom is -0.396 e. The summed E-state index contributed by atoms with van der Waals surface area (Å²) in [4.78, 5) is 0. The van der Waals surface area contributed by atoms with Gasteiger partial charge in [0.15, 0.2) is 0 Å². The lowest BCUT2D eigenvalue weighted by atomic mass is 9.78. The SMILES string of the molecule is CCn1nc(C)c(Br)c1CC1(CO)CCOC1C. The number of halogens is 1. The first-order chi connectivity index (χ1) is 8.54. The maximum absolute atomic E-state index is 9.78. The highest BCUT2D eigenvalue weighted by Crippen LogP contribution is 2.39. The van der Waals surface area contributed by atoms with Gasteiger partial charge in [0.2, 0.25) is 0 Å². The molecule has 2 atom stereocenters. The van der Waals surface area contributed by atoms with Crippen LogP contribution in [0.2, 0.25) is 0 Å². The van der Waals surface area contributed by atoms with Crippen LogP contribution in [-0.4, -0.2) is 34.2 Å². The number of aliphatic hydroxyl groups is 1. The Balaban J connectivity index is 2.33. The van der Waals surface area contributed by atoms with Gasteiger partial charge < -0.3 is 9.84 Å². The second kappa shape index (κ2) is 5.31. The molecule has 1 aliphatic heterocycles. The minimum atomic E-state index is -0.165. The van der Waals surface area contributed by atoms with Crippen molar-refractivity contribution in [2.75, 3.05) is 13.2 Å². The Labute approximate surface area is 116 Å². The van der Waals surface area contributed by atoms with Gasteiger partial charge in [-0.15, -0.1) is 0 Å². The molecule has 2 rings (SSSR count). The Morgan fingerprint density at radius 3 is 2.83 bits per heavy atom. The fraction of sp³-hybridized carbons (Fsp3) is 0.769. The van der Waals surface area contributed by atoms with Gasteiger partial charge in [0, 0.05) is 25.0 Å². The van der Waals surface area contributed by atoms with E-state index in [-0.39, 0.29) is 18.1 Å². The molecule has 18 heavy (non-hydrogen) atoms. The lowest BCUT2D eigenvalue weighted by Crippen LogP contribution is -2.35. The van der Waals surface area contributed by atoms with Crippen molar-refractivity contribution < 1.29 is 9.84 Å². The van der Waals surface area contributed by atoms with E-state index in [1.54, 1.807) is 0 Å². The van der Waals surface area contributed by atoms with E-state index in [1.807, 2.05) is 11.6 Å². The zero-order chi connectivity index (χ0) is 13.3. The summed E-state index contributed by atoms with van der Waals surface area (Å²) >= 11 is 3.62. The lowest BCUT2D eigenvalue weighted by Gasteiger charge is -2.30. The predicted molar refractivity (Wildman–Crippen MR) is 73.6 cm³/mol. The topological polar surface area (TPSA) is 47.3 Å². The molecule has 0 amide bonds. The minimum absolute atomic E-state index is 0.0925. The van der Waals surface area contributed by atoms with Crippen molar-refractivity contribution in [2.45, 2.75) is 46.3 Å². The number of ether oxygens (including phenoxy) is 1. The van der Waals surface area contributed by atoms with Crippen LogP contribution in [0.1, 0.15) is 31.7 Å². The van der Waals surface area contributed by atoms with Gasteiger partial charge in [0.25, 0.3) is 0 Å². The van der Waals surface area contributed by atoms with Crippen LogP contribution in [0.5, 0.6) is 0 Å². The summed E-state index contributed by atoms with van der Waals surface area (Å²) in [6.45, 7) is 7.88. The van der Waals surface area contributed by atoms with Gasteiger partial charge in [-0.3, -0.25) is 4.68 Å². The van der Waals surface area contributed by atoms with Crippen molar-refractivity contribution in [3.63, 3.8) is 0 Å². The maximum Gasteiger partial charge on any atom is 0.0738 e. The molecule has 0 saturated carbocycles. The first kappa shape index (κ1) is 14.0. The molecule has 2 heterocycles. The molecule has 1 aliphatic rings. The van der Waals surface area contributed by atoms with Gasteiger partial charge in [0.05, 0.1) is 28.6 Å². The monoisotopic (exact) mass is 316 g/mol.